The van der Waals surface area contributed by atoms with Gasteiger partial charge in [-0.1, -0.05) is 67.9 Å². The van der Waals surface area contributed by atoms with Crippen LogP contribution in [-0.2, 0) is 19.1 Å². The first-order chi connectivity index (χ1) is 25.1. The van der Waals surface area contributed by atoms with Gasteiger partial charge in [0, 0.05) is 29.2 Å². The highest BCUT2D eigenvalue weighted by atomic mass is 32.1. The summed E-state index contributed by atoms with van der Waals surface area (Å²) in [6.45, 7) is 20.1. The Bertz CT molecular complexity index is 1780. The molecule has 6 aliphatic rings. The van der Waals surface area contributed by atoms with E-state index in [1.54, 1.807) is 5.38 Å². The number of nitrogen functional groups attached to an aromatic ring is 1. The van der Waals surface area contributed by atoms with E-state index in [0.29, 0.717) is 29.8 Å². The van der Waals surface area contributed by atoms with Gasteiger partial charge in [-0.15, -0.1) is 11.3 Å². The Kier molecular flexibility index (Phi) is 9.40. The van der Waals surface area contributed by atoms with Crippen LogP contribution in [0.15, 0.2) is 16.5 Å². The summed E-state index contributed by atoms with van der Waals surface area (Å²) in [6, 6.07) is 0. The first-order valence-corrected chi connectivity index (χ1v) is 21.3. The number of carboxylic acid groups (broad SMARTS) is 1. The molecule has 0 radical (unpaired) electrons. The van der Waals surface area contributed by atoms with Gasteiger partial charge in [-0.2, -0.15) is 0 Å². The van der Waals surface area contributed by atoms with Crippen molar-refractivity contribution in [2.45, 2.75) is 139 Å². The van der Waals surface area contributed by atoms with Gasteiger partial charge in [-0.25, -0.2) is 4.98 Å². The van der Waals surface area contributed by atoms with E-state index >= 15 is 0 Å². The topological polar surface area (TPSA) is 169 Å². The summed E-state index contributed by atoms with van der Waals surface area (Å²) >= 11 is 1.20. The average Bonchev–Trinajstić information content (AvgIpc) is 3.65. The van der Waals surface area contributed by atoms with Gasteiger partial charge in [0.15, 0.2) is 10.9 Å². The van der Waals surface area contributed by atoms with E-state index in [0.717, 1.165) is 50.5 Å². The normalized spacial score (nSPS) is 41.1. The molecule has 6 aliphatic carbocycles. The highest BCUT2D eigenvalue weighted by Crippen LogP contribution is 2.77. The number of nitrogens with two attached hydrogens (primary N) is 1. The number of carbonyl (C=O) groups excluding carboxylic acids is 3. The van der Waals surface area contributed by atoms with Gasteiger partial charge in [0.05, 0.1) is 17.9 Å². The molecule has 0 aliphatic heterocycles. The number of nitrogens with one attached hydrogen (secondary N) is 1. The largest absolute Gasteiger partial charge is 0.481 e. The second-order valence-electron chi connectivity index (χ2n) is 20.4. The van der Waals surface area contributed by atoms with Crippen LogP contribution < -0.4 is 11.1 Å². The third-order valence-corrected chi connectivity index (χ3v) is 18.1. The maximum Gasteiger partial charge on any atom is 0.309 e. The van der Waals surface area contributed by atoms with Crippen molar-refractivity contribution < 1.29 is 34.1 Å². The molecule has 7 rings (SSSR count). The molecule has 1 aromatic rings. The van der Waals surface area contributed by atoms with Crippen LogP contribution in [0.4, 0.5) is 5.13 Å². The summed E-state index contributed by atoms with van der Waals surface area (Å²) in [7, 11) is 0. The lowest BCUT2D eigenvalue weighted by Gasteiger charge is -2.72. The number of hydrogen-bond acceptors (Lipinski definition) is 9. The molecular formula is C43H63N3O7S. The summed E-state index contributed by atoms with van der Waals surface area (Å²) in [5, 5.41) is 26.6. The van der Waals surface area contributed by atoms with Crippen LogP contribution in [0.3, 0.4) is 0 Å². The fourth-order valence-electron chi connectivity index (χ4n) is 14.1. The van der Waals surface area contributed by atoms with Gasteiger partial charge in [0.2, 0.25) is 0 Å². The Balaban J connectivity index is 1.14. The van der Waals surface area contributed by atoms with Crippen molar-refractivity contribution in [1.82, 2.24) is 10.3 Å². The number of hydrogen-bond donors (Lipinski definition) is 4. The summed E-state index contributed by atoms with van der Waals surface area (Å²) in [6.07, 6.45) is 6.93. The SMILES string of the molecule is CC(C)C1=C2[C@H]3CC[C@@H]4[C@@]5(C)CC[C@H](OC(=O)[C@H]6C[C@@H](C(=O)O)C6(C)C)C(C)(C)[C@@H]5CC[C@@]4(C)[C@]3(C)CC[C@@]2([C@@H](O)CNC(=O)c2csc(N)n2)CC1=O. The van der Waals surface area contributed by atoms with E-state index in [1.807, 2.05) is 13.8 Å². The van der Waals surface area contributed by atoms with Crippen molar-refractivity contribution in [3.63, 3.8) is 0 Å². The number of ketones is 1. The number of nitrogens with zero attached hydrogens (tertiary/aromatic N) is 1. The van der Waals surface area contributed by atoms with Crippen LogP contribution in [0.25, 0.3) is 0 Å². The number of thiazole rings is 1. The lowest BCUT2D eigenvalue weighted by molar-refractivity contribution is -0.238. The number of aliphatic hydroxyl groups is 1. The summed E-state index contributed by atoms with van der Waals surface area (Å²) < 4.78 is 6.39. The number of Topliss-reactive ketones (excluding diaryl/α,β-unsaturated/α-hetero) is 1. The number of aromatic nitrogens is 1. The van der Waals surface area contributed by atoms with Gasteiger partial charge in [-0.05, 0) is 109 Å². The number of aliphatic hydroxyl groups excluding tert-OH is 1. The van der Waals surface area contributed by atoms with E-state index < -0.39 is 34.7 Å². The fourth-order valence-corrected chi connectivity index (χ4v) is 14.7. The molecule has 0 unspecified atom stereocenters. The van der Waals surface area contributed by atoms with Crippen LogP contribution in [0.2, 0.25) is 0 Å². The zero-order chi connectivity index (χ0) is 39.6. The first kappa shape index (κ1) is 39.4. The quantitative estimate of drug-likeness (QED) is 0.196. The third-order valence-electron chi connectivity index (χ3n) is 17.4. The Hall–Kier alpha value is -2.79. The van der Waals surface area contributed by atoms with Crippen LogP contribution in [-0.4, -0.2) is 57.6 Å². The molecule has 1 aromatic heterocycles. The molecular weight excluding hydrogens is 703 g/mol. The molecule has 5 fully saturated rings. The molecule has 11 heteroatoms. The zero-order valence-corrected chi connectivity index (χ0v) is 34.7. The average molecular weight is 766 g/mol. The molecule has 5 saturated carbocycles. The summed E-state index contributed by atoms with van der Waals surface area (Å²) in [5.74, 6) is -1.24. The number of esters is 1. The number of aliphatic carboxylic acids is 1. The third kappa shape index (κ3) is 5.42. The number of amides is 1. The summed E-state index contributed by atoms with van der Waals surface area (Å²) in [5.41, 5.74) is 6.46. The van der Waals surface area contributed by atoms with E-state index in [-0.39, 0.29) is 75.9 Å². The van der Waals surface area contributed by atoms with Crippen LogP contribution in [0.5, 0.6) is 0 Å². The van der Waals surface area contributed by atoms with Gasteiger partial charge in [0.1, 0.15) is 11.8 Å². The second kappa shape index (κ2) is 12.9. The second-order valence-corrected chi connectivity index (χ2v) is 21.3. The Morgan fingerprint density at radius 3 is 2.26 bits per heavy atom. The minimum absolute atomic E-state index is 0.000830. The minimum atomic E-state index is -0.907. The number of carboxylic acids is 1. The smallest absolute Gasteiger partial charge is 0.309 e. The van der Waals surface area contributed by atoms with Crippen molar-refractivity contribution in [2.75, 3.05) is 12.3 Å². The van der Waals surface area contributed by atoms with Crippen molar-refractivity contribution in [2.24, 2.45) is 68.0 Å². The highest BCUT2D eigenvalue weighted by molar-refractivity contribution is 7.13. The number of allylic oxidation sites excluding steroid dienone is 1. The van der Waals surface area contributed by atoms with Gasteiger partial charge in [-0.3, -0.25) is 19.2 Å². The lowest BCUT2D eigenvalue weighted by Crippen LogP contribution is -2.66. The standard InChI is InChI=1S/C43H63N3O7S/c1-22(2)32-27(47)19-43(30(48)20-45-34(49)26-21-54-37(44)46-26)17-16-41(8)23(33(32)43)10-11-29-40(7)14-13-31(39(5,6)28(40)12-15-42(29,41)9)53-36(52)25-18-24(35(50)51)38(25,3)4/h21-25,28-31,48H,10-20H2,1-9H3,(H2,44,46)(H,45,49)(H,50,51)/t23-,24+,25-,28+,29-,30+,31+,40+,41-,42-,43+/m1/s1. The number of carbonyl (C=O) groups is 4. The van der Waals surface area contributed by atoms with E-state index in [9.17, 15) is 29.4 Å². The van der Waals surface area contributed by atoms with Crippen LogP contribution in [0.1, 0.15) is 137 Å². The van der Waals surface area contributed by atoms with Crippen molar-refractivity contribution in [3.8, 4) is 0 Å². The molecule has 1 heterocycles. The molecule has 5 N–H and O–H groups in total. The number of rotatable bonds is 8. The lowest BCUT2D eigenvalue weighted by atomic mass is 9.33. The maximum absolute atomic E-state index is 14.0. The maximum atomic E-state index is 14.0. The first-order valence-electron chi connectivity index (χ1n) is 20.4. The van der Waals surface area contributed by atoms with E-state index in [2.05, 4.69) is 58.8 Å². The van der Waals surface area contributed by atoms with Crippen molar-refractivity contribution in [3.05, 3.63) is 22.2 Å². The van der Waals surface area contributed by atoms with E-state index in [4.69, 9.17) is 10.5 Å². The van der Waals surface area contributed by atoms with Crippen molar-refractivity contribution in [1.29, 1.82) is 0 Å². The molecule has 54 heavy (non-hydrogen) atoms. The van der Waals surface area contributed by atoms with Crippen LogP contribution in [0, 0.1) is 68.0 Å². The number of anilines is 1. The molecule has 0 saturated heterocycles. The number of ether oxygens (including phenoxy) is 1. The van der Waals surface area contributed by atoms with Gasteiger partial charge >= 0.3 is 11.9 Å². The van der Waals surface area contributed by atoms with Crippen LogP contribution >= 0.6 is 11.3 Å². The molecule has 0 aromatic carbocycles. The predicted molar refractivity (Wildman–Crippen MR) is 207 cm³/mol. The number of fused-ring (bicyclic) bond motifs is 7. The Morgan fingerprint density at radius 1 is 0.944 bits per heavy atom. The van der Waals surface area contributed by atoms with Gasteiger partial charge < -0.3 is 26.0 Å². The van der Waals surface area contributed by atoms with Crippen molar-refractivity contribution >= 4 is 40.1 Å². The fraction of sp³-hybridized carbons (Fsp3) is 0.791. The molecule has 298 valence electrons. The molecule has 0 spiro atoms. The van der Waals surface area contributed by atoms with Gasteiger partial charge in [0.25, 0.3) is 5.91 Å². The summed E-state index contributed by atoms with van der Waals surface area (Å²) in [4.78, 5) is 56.4. The monoisotopic (exact) mass is 765 g/mol. The Labute approximate surface area is 324 Å². The highest BCUT2D eigenvalue weighted by Gasteiger charge is 2.71. The molecule has 0 bridgehead atoms. The Morgan fingerprint density at radius 2 is 1.65 bits per heavy atom. The van der Waals surface area contributed by atoms with E-state index in [1.165, 1.54) is 16.9 Å². The predicted octanol–water partition coefficient (Wildman–Crippen LogP) is 7.46. The minimum Gasteiger partial charge on any atom is -0.481 e. The molecule has 1 amide bonds. The molecule has 10 nitrogen and oxygen atoms in total. The molecule has 11 atom stereocenters. The zero-order valence-electron chi connectivity index (χ0n) is 33.8.